The molecule has 28 heavy (non-hydrogen) atoms. The van der Waals surface area contributed by atoms with E-state index in [1.54, 1.807) is 23.1 Å². The van der Waals surface area contributed by atoms with Crippen molar-refractivity contribution >= 4 is 23.4 Å². The molecule has 1 fully saturated rings. The van der Waals surface area contributed by atoms with Gasteiger partial charge in [0, 0.05) is 29.1 Å². The van der Waals surface area contributed by atoms with Crippen molar-refractivity contribution in [2.75, 3.05) is 20.6 Å². The summed E-state index contributed by atoms with van der Waals surface area (Å²) >= 11 is 6.05. The van der Waals surface area contributed by atoms with Crippen molar-refractivity contribution in [3.63, 3.8) is 0 Å². The van der Waals surface area contributed by atoms with Crippen LogP contribution in [-0.2, 0) is 16.8 Å². The molecule has 2 aliphatic rings. The standard InChI is InChI=1S/C22H24ClN3O2/c1-25(2)13-22(8-9-22)15-5-3-4-14(10-15)12-26-19(20(24)27)17-7-6-16(23)11-18(17)21(26)28/h3-7,10-11,19H,8-9,12-13H2,1-2H3,(H2,24,27). The van der Waals surface area contributed by atoms with E-state index in [0.717, 1.165) is 12.1 Å². The highest BCUT2D eigenvalue weighted by atomic mass is 35.5. The molecular formula is C22H24ClN3O2. The van der Waals surface area contributed by atoms with E-state index in [1.807, 2.05) is 12.1 Å². The number of amides is 2. The molecule has 2 aromatic rings. The van der Waals surface area contributed by atoms with Gasteiger partial charge in [0.05, 0.1) is 0 Å². The Bertz CT molecular complexity index is 953. The summed E-state index contributed by atoms with van der Waals surface area (Å²) in [7, 11) is 4.18. The van der Waals surface area contributed by atoms with Gasteiger partial charge in [-0.2, -0.15) is 0 Å². The van der Waals surface area contributed by atoms with Gasteiger partial charge in [0.1, 0.15) is 6.04 Å². The molecule has 1 aliphatic heterocycles. The number of carbonyl (C=O) groups is 2. The minimum atomic E-state index is -0.764. The molecule has 5 nitrogen and oxygen atoms in total. The predicted octanol–water partition coefficient (Wildman–Crippen LogP) is 3.12. The maximum Gasteiger partial charge on any atom is 0.255 e. The fraction of sp³-hybridized carbons (Fsp3) is 0.364. The molecule has 146 valence electrons. The zero-order chi connectivity index (χ0) is 20.1. The molecule has 4 rings (SSSR count). The first-order chi connectivity index (χ1) is 13.3. The van der Waals surface area contributed by atoms with Crippen LogP contribution in [-0.4, -0.2) is 42.3 Å². The molecule has 1 atom stereocenters. The fourth-order valence-corrected chi connectivity index (χ4v) is 4.52. The highest BCUT2D eigenvalue weighted by Crippen LogP contribution is 2.48. The first-order valence-electron chi connectivity index (χ1n) is 9.45. The quantitative estimate of drug-likeness (QED) is 0.814. The third kappa shape index (κ3) is 3.29. The van der Waals surface area contributed by atoms with Crippen molar-refractivity contribution in [3.8, 4) is 0 Å². The van der Waals surface area contributed by atoms with Crippen molar-refractivity contribution in [3.05, 3.63) is 69.7 Å². The zero-order valence-corrected chi connectivity index (χ0v) is 16.9. The molecule has 0 saturated heterocycles. The van der Waals surface area contributed by atoms with E-state index in [9.17, 15) is 9.59 Å². The van der Waals surface area contributed by atoms with E-state index in [0.29, 0.717) is 22.7 Å². The Hall–Kier alpha value is -2.37. The second-order valence-corrected chi connectivity index (χ2v) is 8.62. The number of hydrogen-bond donors (Lipinski definition) is 1. The van der Waals surface area contributed by atoms with Crippen molar-refractivity contribution in [1.29, 1.82) is 0 Å². The van der Waals surface area contributed by atoms with Crippen LogP contribution in [0.1, 0.15) is 45.9 Å². The monoisotopic (exact) mass is 397 g/mol. The predicted molar refractivity (Wildman–Crippen MR) is 109 cm³/mol. The second-order valence-electron chi connectivity index (χ2n) is 8.19. The van der Waals surface area contributed by atoms with Gasteiger partial charge in [-0.05, 0) is 55.8 Å². The number of nitrogens with zero attached hydrogens (tertiary/aromatic N) is 2. The second kappa shape index (κ2) is 6.90. The van der Waals surface area contributed by atoms with E-state index in [2.05, 4.69) is 31.1 Å². The van der Waals surface area contributed by atoms with E-state index < -0.39 is 11.9 Å². The summed E-state index contributed by atoms with van der Waals surface area (Å²) in [5.74, 6) is -0.738. The molecule has 1 aliphatic carbocycles. The van der Waals surface area contributed by atoms with Crippen molar-refractivity contribution < 1.29 is 9.59 Å². The lowest BCUT2D eigenvalue weighted by Gasteiger charge is -2.25. The van der Waals surface area contributed by atoms with Crippen LogP contribution in [0.25, 0.3) is 0 Å². The van der Waals surface area contributed by atoms with Gasteiger partial charge in [-0.25, -0.2) is 0 Å². The highest BCUT2D eigenvalue weighted by molar-refractivity contribution is 6.31. The number of benzene rings is 2. The van der Waals surface area contributed by atoms with Crippen LogP contribution in [0.3, 0.4) is 0 Å². The molecule has 1 saturated carbocycles. The Morgan fingerprint density at radius 2 is 2.00 bits per heavy atom. The van der Waals surface area contributed by atoms with Crippen LogP contribution in [0.4, 0.5) is 0 Å². The summed E-state index contributed by atoms with van der Waals surface area (Å²) in [4.78, 5) is 28.9. The van der Waals surface area contributed by atoms with Crippen LogP contribution < -0.4 is 5.73 Å². The minimum absolute atomic E-state index is 0.202. The Labute approximate surface area is 170 Å². The number of fused-ring (bicyclic) bond motifs is 1. The first-order valence-corrected chi connectivity index (χ1v) is 9.82. The summed E-state index contributed by atoms with van der Waals surface area (Å²) in [6, 6.07) is 12.6. The third-order valence-corrected chi connectivity index (χ3v) is 5.98. The normalized spacial score (nSPS) is 19.8. The molecule has 1 unspecified atom stereocenters. The molecule has 2 amide bonds. The summed E-state index contributed by atoms with van der Waals surface area (Å²) in [5, 5.41) is 0.471. The van der Waals surface area contributed by atoms with Crippen molar-refractivity contribution in [1.82, 2.24) is 9.80 Å². The zero-order valence-electron chi connectivity index (χ0n) is 16.1. The molecule has 0 aromatic heterocycles. The SMILES string of the molecule is CN(C)CC1(c2cccc(CN3C(=O)c4cc(Cl)ccc4C3C(N)=O)c2)CC1. The number of halogens is 1. The smallest absolute Gasteiger partial charge is 0.255 e. The Morgan fingerprint density at radius 3 is 2.64 bits per heavy atom. The van der Waals surface area contributed by atoms with Crippen LogP contribution in [0.5, 0.6) is 0 Å². The maximum absolute atomic E-state index is 13.0. The molecule has 0 spiro atoms. The van der Waals surface area contributed by atoms with Crippen molar-refractivity contribution in [2.45, 2.75) is 30.8 Å². The molecule has 2 aromatic carbocycles. The van der Waals surface area contributed by atoms with Gasteiger partial charge < -0.3 is 15.5 Å². The number of nitrogens with two attached hydrogens (primary N) is 1. The molecule has 0 bridgehead atoms. The van der Waals surface area contributed by atoms with Gasteiger partial charge in [-0.3, -0.25) is 9.59 Å². The van der Waals surface area contributed by atoms with Crippen molar-refractivity contribution in [2.24, 2.45) is 5.73 Å². The van der Waals surface area contributed by atoms with Gasteiger partial charge in [0.2, 0.25) is 5.91 Å². The van der Waals surface area contributed by atoms with E-state index >= 15 is 0 Å². The largest absolute Gasteiger partial charge is 0.368 e. The fourth-order valence-electron chi connectivity index (χ4n) is 4.35. The number of carbonyl (C=O) groups excluding carboxylic acids is 2. The Balaban J connectivity index is 1.63. The molecule has 1 heterocycles. The highest BCUT2D eigenvalue weighted by Gasteiger charge is 2.45. The number of likely N-dealkylation sites (N-methyl/N-ethyl adjacent to an activating group) is 1. The van der Waals surface area contributed by atoms with E-state index in [-0.39, 0.29) is 11.3 Å². The third-order valence-electron chi connectivity index (χ3n) is 5.75. The van der Waals surface area contributed by atoms with Crippen LogP contribution in [0.2, 0.25) is 5.02 Å². The van der Waals surface area contributed by atoms with Crippen LogP contribution in [0.15, 0.2) is 42.5 Å². The summed E-state index contributed by atoms with van der Waals surface area (Å²) in [5.41, 5.74) is 9.23. The van der Waals surface area contributed by atoms with Crippen LogP contribution in [0, 0.1) is 0 Å². The molecular weight excluding hydrogens is 374 g/mol. The molecule has 6 heteroatoms. The van der Waals surface area contributed by atoms with E-state index in [4.69, 9.17) is 17.3 Å². The lowest BCUT2D eigenvalue weighted by Crippen LogP contribution is -2.35. The lowest BCUT2D eigenvalue weighted by molar-refractivity contribution is -0.122. The van der Waals surface area contributed by atoms with Gasteiger partial charge in [-0.15, -0.1) is 0 Å². The van der Waals surface area contributed by atoms with Gasteiger partial charge in [-0.1, -0.05) is 41.9 Å². The molecule has 0 radical (unpaired) electrons. The summed E-state index contributed by atoms with van der Waals surface area (Å²) in [6.07, 6.45) is 2.34. The van der Waals surface area contributed by atoms with Gasteiger partial charge in [0.25, 0.3) is 5.91 Å². The summed E-state index contributed by atoms with van der Waals surface area (Å²) < 4.78 is 0. The maximum atomic E-state index is 13.0. The molecule has 2 N–H and O–H groups in total. The Kier molecular flexibility index (Phi) is 4.68. The average molecular weight is 398 g/mol. The average Bonchev–Trinajstić information content (AvgIpc) is 3.36. The van der Waals surface area contributed by atoms with Gasteiger partial charge in [0.15, 0.2) is 0 Å². The number of rotatable bonds is 6. The van der Waals surface area contributed by atoms with Crippen LogP contribution >= 0.6 is 11.6 Å². The lowest BCUT2D eigenvalue weighted by atomic mass is 9.93. The Morgan fingerprint density at radius 1 is 1.25 bits per heavy atom. The first kappa shape index (κ1) is 19.0. The number of hydrogen-bond acceptors (Lipinski definition) is 3. The van der Waals surface area contributed by atoms with Gasteiger partial charge >= 0.3 is 0 Å². The number of primary amides is 1. The van der Waals surface area contributed by atoms with E-state index in [1.165, 1.54) is 18.4 Å². The minimum Gasteiger partial charge on any atom is -0.368 e. The summed E-state index contributed by atoms with van der Waals surface area (Å²) in [6.45, 7) is 1.34. The topological polar surface area (TPSA) is 66.6 Å².